The number of hydrogen-bond donors (Lipinski definition) is 1. The molecular formula is C22H26F3NO3S2. The van der Waals surface area contributed by atoms with Crippen molar-refractivity contribution in [1.82, 2.24) is 0 Å². The van der Waals surface area contributed by atoms with Gasteiger partial charge in [-0.1, -0.05) is 44.2 Å². The minimum atomic E-state index is -4.68. The van der Waals surface area contributed by atoms with E-state index >= 15 is 0 Å². The van der Waals surface area contributed by atoms with Gasteiger partial charge < -0.3 is 5.32 Å². The van der Waals surface area contributed by atoms with Gasteiger partial charge in [0.25, 0.3) is 0 Å². The Morgan fingerprint density at radius 1 is 1.13 bits per heavy atom. The fourth-order valence-electron chi connectivity index (χ4n) is 2.85. The van der Waals surface area contributed by atoms with Crippen LogP contribution in [-0.2, 0) is 27.2 Å². The number of sulfone groups is 1. The molecule has 1 amide bonds. The second kappa shape index (κ2) is 11.0. The number of aryl methyl sites for hydroxylation is 1. The van der Waals surface area contributed by atoms with Crippen molar-refractivity contribution in [3.8, 4) is 0 Å². The average Bonchev–Trinajstić information content (AvgIpc) is 2.68. The molecule has 1 atom stereocenters. The van der Waals surface area contributed by atoms with Crippen LogP contribution in [0.25, 0.3) is 0 Å². The van der Waals surface area contributed by atoms with Crippen molar-refractivity contribution in [3.05, 3.63) is 59.7 Å². The number of rotatable bonds is 10. The summed E-state index contributed by atoms with van der Waals surface area (Å²) in [6.07, 6.45) is -3.01. The van der Waals surface area contributed by atoms with Crippen LogP contribution in [0.3, 0.4) is 0 Å². The molecule has 0 aliphatic rings. The Labute approximate surface area is 185 Å². The number of hydrogen-bond acceptors (Lipinski definition) is 4. The number of amides is 1. The Morgan fingerprint density at radius 3 is 2.42 bits per heavy atom. The molecule has 170 valence electrons. The van der Waals surface area contributed by atoms with Crippen molar-refractivity contribution in [2.45, 2.75) is 49.4 Å². The van der Waals surface area contributed by atoms with E-state index in [1.54, 1.807) is 0 Å². The molecule has 0 saturated heterocycles. The Hall–Kier alpha value is -2.00. The summed E-state index contributed by atoms with van der Waals surface area (Å²) < 4.78 is 64.9. The molecule has 2 aromatic rings. The van der Waals surface area contributed by atoms with Crippen LogP contribution >= 0.6 is 11.8 Å². The van der Waals surface area contributed by atoms with Crippen molar-refractivity contribution in [2.24, 2.45) is 0 Å². The summed E-state index contributed by atoms with van der Waals surface area (Å²) in [5, 5.41) is 2.27. The minimum Gasteiger partial charge on any atom is -0.325 e. The van der Waals surface area contributed by atoms with Crippen LogP contribution in [0.2, 0.25) is 0 Å². The minimum absolute atomic E-state index is 0.141. The van der Waals surface area contributed by atoms with Crippen LogP contribution in [0.5, 0.6) is 0 Å². The van der Waals surface area contributed by atoms with Gasteiger partial charge in [-0.2, -0.15) is 13.2 Å². The lowest BCUT2D eigenvalue weighted by atomic mass is 10.1. The summed E-state index contributed by atoms with van der Waals surface area (Å²) in [6.45, 7) is 3.85. The maximum absolute atomic E-state index is 13.5. The van der Waals surface area contributed by atoms with E-state index in [9.17, 15) is 26.4 Å². The molecule has 0 heterocycles. The number of carbonyl (C=O) groups excluding carboxylic acids is 1. The molecule has 1 unspecified atom stereocenters. The fraction of sp³-hybridized carbons (Fsp3) is 0.409. The van der Waals surface area contributed by atoms with E-state index in [1.807, 2.05) is 44.2 Å². The predicted molar refractivity (Wildman–Crippen MR) is 119 cm³/mol. The van der Waals surface area contributed by atoms with Crippen molar-refractivity contribution in [2.75, 3.05) is 16.8 Å². The van der Waals surface area contributed by atoms with Crippen LogP contribution in [0.1, 0.15) is 37.8 Å². The average molecular weight is 474 g/mol. The maximum Gasteiger partial charge on any atom is 0.418 e. The van der Waals surface area contributed by atoms with Crippen molar-refractivity contribution < 1.29 is 26.4 Å². The van der Waals surface area contributed by atoms with Crippen molar-refractivity contribution >= 4 is 33.2 Å². The topological polar surface area (TPSA) is 63.2 Å². The second-order valence-corrected chi connectivity index (χ2v) is 11.0. The predicted octanol–water partition coefficient (Wildman–Crippen LogP) is 5.58. The molecule has 0 fully saturated rings. The van der Waals surface area contributed by atoms with Gasteiger partial charge in [0, 0.05) is 10.1 Å². The lowest BCUT2D eigenvalue weighted by Crippen LogP contribution is -2.26. The lowest BCUT2D eigenvalue weighted by Gasteiger charge is -2.16. The zero-order valence-electron chi connectivity index (χ0n) is 17.4. The quantitative estimate of drug-likeness (QED) is 0.458. The number of benzene rings is 2. The Kier molecular flexibility index (Phi) is 9.00. The normalized spacial score (nSPS) is 13.1. The Morgan fingerprint density at radius 2 is 1.81 bits per heavy atom. The number of nitrogens with one attached hydrogen (secondary N) is 1. The smallest absolute Gasteiger partial charge is 0.325 e. The molecular weight excluding hydrogens is 447 g/mol. The Balaban J connectivity index is 2.02. The van der Waals surface area contributed by atoms with Crippen LogP contribution in [0.4, 0.5) is 18.9 Å². The highest BCUT2D eigenvalue weighted by Crippen LogP contribution is 2.38. The van der Waals surface area contributed by atoms with E-state index in [-0.39, 0.29) is 11.0 Å². The highest BCUT2D eigenvalue weighted by molar-refractivity contribution is 8.00. The largest absolute Gasteiger partial charge is 0.418 e. The van der Waals surface area contributed by atoms with Gasteiger partial charge in [-0.25, -0.2) is 8.42 Å². The number of halogens is 3. The van der Waals surface area contributed by atoms with Gasteiger partial charge in [-0.3, -0.25) is 4.79 Å². The molecule has 0 aliphatic heterocycles. The van der Waals surface area contributed by atoms with E-state index < -0.39 is 38.9 Å². The summed E-state index contributed by atoms with van der Waals surface area (Å²) in [4.78, 5) is 12.6. The summed E-state index contributed by atoms with van der Waals surface area (Å²) in [5.74, 6) is -2.05. The molecule has 4 nitrogen and oxygen atoms in total. The summed E-state index contributed by atoms with van der Waals surface area (Å²) >= 11 is 1.31. The van der Waals surface area contributed by atoms with Crippen molar-refractivity contribution in [3.63, 3.8) is 0 Å². The monoisotopic (exact) mass is 473 g/mol. The number of thioether (sulfide) groups is 1. The van der Waals surface area contributed by atoms with Gasteiger partial charge in [0.05, 0.1) is 17.0 Å². The molecule has 31 heavy (non-hydrogen) atoms. The second-order valence-electron chi connectivity index (χ2n) is 7.27. The first-order chi connectivity index (χ1) is 14.5. The third-order valence-electron chi connectivity index (χ3n) is 4.60. The molecule has 1 N–H and O–H groups in total. The molecule has 0 bridgehead atoms. The van der Waals surface area contributed by atoms with Gasteiger partial charge in [-0.05, 0) is 43.0 Å². The van der Waals surface area contributed by atoms with E-state index in [1.165, 1.54) is 23.9 Å². The van der Waals surface area contributed by atoms with Gasteiger partial charge in [0.1, 0.15) is 5.75 Å². The molecule has 0 spiro atoms. The molecule has 0 radical (unpaired) electrons. The molecule has 0 aliphatic carbocycles. The highest BCUT2D eigenvalue weighted by Gasteiger charge is 2.34. The Bertz CT molecular complexity index is 977. The van der Waals surface area contributed by atoms with E-state index in [0.29, 0.717) is 17.7 Å². The van der Waals surface area contributed by atoms with Crippen molar-refractivity contribution in [1.29, 1.82) is 0 Å². The van der Waals surface area contributed by atoms with Crippen LogP contribution in [0.15, 0.2) is 53.4 Å². The van der Waals surface area contributed by atoms with Gasteiger partial charge >= 0.3 is 6.18 Å². The number of carbonyl (C=O) groups is 1. The van der Waals surface area contributed by atoms with Crippen LogP contribution in [-0.4, -0.2) is 31.1 Å². The van der Waals surface area contributed by atoms with Gasteiger partial charge in [0.2, 0.25) is 5.91 Å². The first-order valence-electron chi connectivity index (χ1n) is 9.92. The van der Waals surface area contributed by atoms with Crippen LogP contribution in [0, 0.1) is 0 Å². The number of alkyl halides is 3. The van der Waals surface area contributed by atoms with Gasteiger partial charge in [0.15, 0.2) is 9.84 Å². The standard InChI is InChI=1S/C22H26F3NO3S2/c1-3-16(2)30-18-11-12-20(19(14-18)22(23,24)25)26-21(27)15-31(28,29)13-7-10-17-8-5-4-6-9-17/h4-6,8-9,11-12,14,16H,3,7,10,13,15H2,1-2H3,(H,26,27). The highest BCUT2D eigenvalue weighted by atomic mass is 32.2. The molecule has 2 aromatic carbocycles. The molecule has 0 aromatic heterocycles. The SMILES string of the molecule is CCC(C)Sc1ccc(NC(=O)CS(=O)(=O)CCCc2ccccc2)c(C(F)(F)F)c1. The molecule has 2 rings (SSSR count). The third-order valence-corrected chi connectivity index (χ3v) is 7.47. The zero-order chi connectivity index (χ0) is 23.1. The van der Waals surface area contributed by atoms with Crippen LogP contribution < -0.4 is 5.32 Å². The summed E-state index contributed by atoms with van der Waals surface area (Å²) in [5.41, 5.74) is -0.451. The summed E-state index contributed by atoms with van der Waals surface area (Å²) in [7, 11) is -3.74. The number of anilines is 1. The zero-order valence-corrected chi connectivity index (χ0v) is 19.0. The van der Waals surface area contributed by atoms with E-state index in [2.05, 4.69) is 5.32 Å². The third kappa shape index (κ3) is 8.57. The first kappa shape index (κ1) is 25.3. The molecule has 9 heteroatoms. The molecule has 0 saturated carbocycles. The maximum atomic E-state index is 13.5. The van der Waals surface area contributed by atoms with Gasteiger partial charge in [-0.15, -0.1) is 11.8 Å². The lowest BCUT2D eigenvalue weighted by molar-refractivity contribution is -0.137. The van der Waals surface area contributed by atoms with E-state index in [4.69, 9.17) is 0 Å². The fourth-order valence-corrected chi connectivity index (χ4v) is 5.02. The van der Waals surface area contributed by atoms with E-state index in [0.717, 1.165) is 18.1 Å². The first-order valence-corrected chi connectivity index (χ1v) is 12.6. The summed E-state index contributed by atoms with van der Waals surface area (Å²) in [6, 6.07) is 13.0.